The molecule has 2 rings (SSSR count). The van der Waals surface area contributed by atoms with Gasteiger partial charge in [-0.1, -0.05) is 13.3 Å². The Morgan fingerprint density at radius 3 is 2.71 bits per heavy atom. The summed E-state index contributed by atoms with van der Waals surface area (Å²) >= 11 is 0. The standard InChI is InChI=1S/C15H20ClNO3S/c1-3-4-12-7-8-17(10-12)15(18)14-6-5-13(9-11(14)2)21(16,19)20/h5-6,9,12H,3-4,7-8,10H2,1-2H3. The Labute approximate surface area is 130 Å². The number of aryl methyl sites for hydroxylation is 1. The largest absolute Gasteiger partial charge is 0.338 e. The van der Waals surface area contributed by atoms with E-state index in [1.807, 2.05) is 4.90 Å². The van der Waals surface area contributed by atoms with E-state index in [9.17, 15) is 13.2 Å². The summed E-state index contributed by atoms with van der Waals surface area (Å²) in [4.78, 5) is 14.4. The third kappa shape index (κ3) is 3.77. The number of hydrogen-bond acceptors (Lipinski definition) is 3. The molecule has 1 unspecified atom stereocenters. The first kappa shape index (κ1) is 16.3. The summed E-state index contributed by atoms with van der Waals surface area (Å²) in [5.74, 6) is 0.561. The van der Waals surface area contributed by atoms with Gasteiger partial charge >= 0.3 is 0 Å². The SMILES string of the molecule is CCCC1CCN(C(=O)c2ccc(S(=O)(=O)Cl)cc2C)C1. The molecule has 1 aromatic carbocycles. The van der Waals surface area contributed by atoms with E-state index in [2.05, 4.69) is 6.92 Å². The van der Waals surface area contributed by atoms with Gasteiger partial charge in [0.05, 0.1) is 4.90 Å². The summed E-state index contributed by atoms with van der Waals surface area (Å²) in [7, 11) is 1.56. The fourth-order valence-electron chi connectivity index (χ4n) is 2.86. The monoisotopic (exact) mass is 329 g/mol. The van der Waals surface area contributed by atoms with Crippen molar-refractivity contribution < 1.29 is 13.2 Å². The first-order valence-electron chi connectivity index (χ1n) is 7.17. The zero-order valence-corrected chi connectivity index (χ0v) is 13.9. The first-order valence-corrected chi connectivity index (χ1v) is 9.48. The topological polar surface area (TPSA) is 54.5 Å². The average molecular weight is 330 g/mol. The Balaban J connectivity index is 2.17. The number of benzene rings is 1. The van der Waals surface area contributed by atoms with Gasteiger partial charge in [-0.2, -0.15) is 0 Å². The maximum atomic E-state index is 12.5. The Morgan fingerprint density at radius 2 is 2.14 bits per heavy atom. The molecule has 0 aromatic heterocycles. The summed E-state index contributed by atoms with van der Waals surface area (Å²) in [5.41, 5.74) is 1.19. The second kappa shape index (κ2) is 6.36. The zero-order valence-electron chi connectivity index (χ0n) is 12.3. The van der Waals surface area contributed by atoms with E-state index >= 15 is 0 Å². The molecule has 21 heavy (non-hydrogen) atoms. The highest BCUT2D eigenvalue weighted by atomic mass is 35.7. The fraction of sp³-hybridized carbons (Fsp3) is 0.533. The van der Waals surface area contributed by atoms with Crippen molar-refractivity contribution in [2.75, 3.05) is 13.1 Å². The van der Waals surface area contributed by atoms with Crippen LogP contribution in [0, 0.1) is 12.8 Å². The molecule has 0 radical (unpaired) electrons. The lowest BCUT2D eigenvalue weighted by Gasteiger charge is -2.18. The molecule has 4 nitrogen and oxygen atoms in total. The molecule has 0 aliphatic carbocycles. The van der Waals surface area contributed by atoms with Crippen LogP contribution >= 0.6 is 10.7 Å². The van der Waals surface area contributed by atoms with E-state index in [0.717, 1.165) is 32.4 Å². The zero-order chi connectivity index (χ0) is 15.6. The number of likely N-dealkylation sites (tertiary alicyclic amines) is 1. The first-order chi connectivity index (χ1) is 9.82. The van der Waals surface area contributed by atoms with Gasteiger partial charge in [-0.05, 0) is 49.4 Å². The van der Waals surface area contributed by atoms with Crippen LogP contribution in [0.15, 0.2) is 23.1 Å². The van der Waals surface area contributed by atoms with Crippen molar-refractivity contribution in [1.29, 1.82) is 0 Å². The molecule has 1 aliphatic rings. The van der Waals surface area contributed by atoms with Crippen LogP contribution in [0.1, 0.15) is 42.1 Å². The van der Waals surface area contributed by atoms with Crippen molar-refractivity contribution >= 4 is 25.6 Å². The molecule has 116 valence electrons. The average Bonchev–Trinajstić information content (AvgIpc) is 2.86. The molecule has 1 amide bonds. The van der Waals surface area contributed by atoms with Crippen molar-refractivity contribution in [1.82, 2.24) is 4.90 Å². The molecule has 1 atom stereocenters. The highest BCUT2D eigenvalue weighted by Crippen LogP contribution is 2.25. The predicted octanol–water partition coefficient (Wildman–Crippen LogP) is 3.18. The molecule has 1 aromatic rings. The van der Waals surface area contributed by atoms with Crippen LogP contribution in [0.4, 0.5) is 0 Å². The molecular weight excluding hydrogens is 310 g/mol. The van der Waals surface area contributed by atoms with Gasteiger partial charge in [0.2, 0.25) is 0 Å². The summed E-state index contributed by atoms with van der Waals surface area (Å²) in [6, 6.07) is 4.40. The summed E-state index contributed by atoms with van der Waals surface area (Å²) in [6.45, 7) is 5.46. The summed E-state index contributed by atoms with van der Waals surface area (Å²) in [6.07, 6.45) is 3.33. The quantitative estimate of drug-likeness (QED) is 0.797. The number of carbonyl (C=O) groups excluding carboxylic acids is 1. The molecule has 1 aliphatic heterocycles. The number of rotatable bonds is 4. The minimum atomic E-state index is -3.76. The molecule has 0 bridgehead atoms. The van der Waals surface area contributed by atoms with Crippen molar-refractivity contribution in [3.63, 3.8) is 0 Å². The van der Waals surface area contributed by atoms with Crippen molar-refractivity contribution in [2.24, 2.45) is 5.92 Å². The van der Waals surface area contributed by atoms with Crippen molar-refractivity contribution in [3.8, 4) is 0 Å². The molecule has 0 saturated carbocycles. The number of nitrogens with zero attached hydrogens (tertiary/aromatic N) is 1. The summed E-state index contributed by atoms with van der Waals surface area (Å²) in [5, 5.41) is 0. The van der Waals surface area contributed by atoms with Gasteiger partial charge in [-0.3, -0.25) is 4.79 Å². The third-order valence-corrected chi connectivity index (χ3v) is 5.33. The van der Waals surface area contributed by atoms with Crippen LogP contribution in [-0.2, 0) is 9.05 Å². The van der Waals surface area contributed by atoms with Gasteiger partial charge in [0.25, 0.3) is 15.0 Å². The lowest BCUT2D eigenvalue weighted by Crippen LogP contribution is -2.29. The van der Waals surface area contributed by atoms with Crippen LogP contribution < -0.4 is 0 Å². The van der Waals surface area contributed by atoms with Crippen LogP contribution in [0.25, 0.3) is 0 Å². The van der Waals surface area contributed by atoms with Gasteiger partial charge in [0.15, 0.2) is 0 Å². The Hall–Kier alpha value is -1.07. The van der Waals surface area contributed by atoms with Crippen LogP contribution in [0.5, 0.6) is 0 Å². The Morgan fingerprint density at radius 1 is 1.43 bits per heavy atom. The molecule has 0 spiro atoms. The van der Waals surface area contributed by atoms with E-state index < -0.39 is 9.05 Å². The summed E-state index contributed by atoms with van der Waals surface area (Å²) < 4.78 is 22.6. The number of hydrogen-bond donors (Lipinski definition) is 0. The van der Waals surface area contributed by atoms with Gasteiger partial charge < -0.3 is 4.90 Å². The second-order valence-corrected chi connectivity index (χ2v) is 8.18. The van der Waals surface area contributed by atoms with Crippen LogP contribution in [0.2, 0.25) is 0 Å². The number of carbonyl (C=O) groups is 1. The molecule has 1 heterocycles. The lowest BCUT2D eigenvalue weighted by molar-refractivity contribution is 0.0785. The molecule has 6 heteroatoms. The maximum absolute atomic E-state index is 12.5. The second-order valence-electron chi connectivity index (χ2n) is 5.61. The molecular formula is C15H20ClNO3S. The molecule has 0 N–H and O–H groups in total. The normalized spacial score (nSPS) is 19.0. The predicted molar refractivity (Wildman–Crippen MR) is 83.1 cm³/mol. The highest BCUT2D eigenvalue weighted by molar-refractivity contribution is 8.13. The number of halogens is 1. The van der Waals surface area contributed by atoms with E-state index in [4.69, 9.17) is 10.7 Å². The third-order valence-electron chi connectivity index (χ3n) is 3.98. The van der Waals surface area contributed by atoms with Crippen LogP contribution in [-0.4, -0.2) is 32.3 Å². The van der Waals surface area contributed by atoms with E-state index in [1.165, 1.54) is 12.1 Å². The van der Waals surface area contributed by atoms with E-state index in [0.29, 0.717) is 17.0 Å². The van der Waals surface area contributed by atoms with E-state index in [-0.39, 0.29) is 10.8 Å². The molecule has 1 saturated heterocycles. The fourth-order valence-corrected chi connectivity index (χ4v) is 3.70. The van der Waals surface area contributed by atoms with Crippen LogP contribution in [0.3, 0.4) is 0 Å². The minimum absolute atomic E-state index is 0.0235. The highest BCUT2D eigenvalue weighted by Gasteiger charge is 2.27. The van der Waals surface area contributed by atoms with Crippen molar-refractivity contribution in [3.05, 3.63) is 29.3 Å². The van der Waals surface area contributed by atoms with Crippen molar-refractivity contribution in [2.45, 2.75) is 38.0 Å². The van der Waals surface area contributed by atoms with Gasteiger partial charge in [-0.15, -0.1) is 0 Å². The van der Waals surface area contributed by atoms with Gasteiger partial charge in [-0.25, -0.2) is 8.42 Å². The van der Waals surface area contributed by atoms with Gasteiger partial charge in [0.1, 0.15) is 0 Å². The number of amides is 1. The van der Waals surface area contributed by atoms with E-state index in [1.54, 1.807) is 13.0 Å². The Kier molecular flexibility index (Phi) is 4.94. The maximum Gasteiger partial charge on any atom is 0.261 e. The van der Waals surface area contributed by atoms with Gasteiger partial charge in [0, 0.05) is 29.3 Å². The smallest absolute Gasteiger partial charge is 0.261 e. The minimum Gasteiger partial charge on any atom is -0.338 e. The Bertz CT molecular complexity index is 642. The lowest BCUT2D eigenvalue weighted by atomic mass is 10.0. The molecule has 1 fully saturated rings.